The average molecular weight is 288 g/mol. The molecule has 0 saturated heterocycles. The molecule has 3 rings (SSSR count). The van der Waals surface area contributed by atoms with E-state index in [2.05, 4.69) is 37.4 Å². The van der Waals surface area contributed by atoms with Crippen LogP contribution in [0, 0.1) is 13.8 Å². The first-order chi connectivity index (χ1) is 9.63. The second kappa shape index (κ2) is 5.37. The standard InChI is InChI=1S/C17H18ClNO/c1-11-3-4-12(2)16(7-11)19-10-14-9-15(18)8-13-5-6-20-17(13)14/h3-4,7-9,19H,5-6,10H2,1-2H3. The molecule has 1 aliphatic rings. The molecule has 0 amide bonds. The fourth-order valence-electron chi connectivity index (χ4n) is 2.59. The molecule has 0 atom stereocenters. The predicted octanol–water partition coefficient (Wildman–Crippen LogP) is 4.50. The summed E-state index contributed by atoms with van der Waals surface area (Å²) in [6.07, 6.45) is 0.951. The summed E-state index contributed by atoms with van der Waals surface area (Å²) < 4.78 is 5.73. The van der Waals surface area contributed by atoms with Crippen molar-refractivity contribution in [2.75, 3.05) is 11.9 Å². The van der Waals surface area contributed by atoms with Crippen molar-refractivity contribution in [3.8, 4) is 5.75 Å². The topological polar surface area (TPSA) is 21.3 Å². The van der Waals surface area contributed by atoms with Gasteiger partial charge in [-0.2, -0.15) is 0 Å². The Balaban J connectivity index is 1.84. The SMILES string of the molecule is Cc1ccc(C)c(NCc2cc(Cl)cc3c2OCC3)c1. The van der Waals surface area contributed by atoms with Crippen LogP contribution < -0.4 is 10.1 Å². The van der Waals surface area contributed by atoms with E-state index in [1.54, 1.807) is 0 Å². The summed E-state index contributed by atoms with van der Waals surface area (Å²) in [6, 6.07) is 10.4. The summed E-state index contributed by atoms with van der Waals surface area (Å²) in [4.78, 5) is 0. The fourth-order valence-corrected chi connectivity index (χ4v) is 2.86. The average Bonchev–Trinajstić information content (AvgIpc) is 2.87. The third kappa shape index (κ3) is 2.61. The van der Waals surface area contributed by atoms with E-state index in [9.17, 15) is 0 Å². The minimum atomic E-state index is 0.729. The number of rotatable bonds is 3. The zero-order valence-corrected chi connectivity index (χ0v) is 12.6. The maximum Gasteiger partial charge on any atom is 0.127 e. The maximum atomic E-state index is 6.18. The highest BCUT2D eigenvalue weighted by atomic mass is 35.5. The third-order valence-corrected chi connectivity index (χ3v) is 3.91. The lowest BCUT2D eigenvalue weighted by Gasteiger charge is -2.13. The van der Waals surface area contributed by atoms with Gasteiger partial charge in [0.05, 0.1) is 6.61 Å². The molecule has 0 fully saturated rings. The lowest BCUT2D eigenvalue weighted by molar-refractivity contribution is 0.354. The quantitative estimate of drug-likeness (QED) is 0.897. The van der Waals surface area contributed by atoms with Crippen LogP contribution in [-0.2, 0) is 13.0 Å². The number of nitrogens with one attached hydrogen (secondary N) is 1. The number of hydrogen-bond donors (Lipinski definition) is 1. The Kier molecular flexibility index (Phi) is 3.58. The molecule has 2 aromatic rings. The van der Waals surface area contributed by atoms with Crippen LogP contribution in [0.25, 0.3) is 0 Å². The first-order valence-electron chi connectivity index (χ1n) is 6.89. The van der Waals surface area contributed by atoms with Crippen LogP contribution in [0.3, 0.4) is 0 Å². The fraction of sp³-hybridized carbons (Fsp3) is 0.294. The molecule has 104 valence electrons. The van der Waals surface area contributed by atoms with Gasteiger partial charge in [-0.05, 0) is 48.7 Å². The van der Waals surface area contributed by atoms with Gasteiger partial charge in [-0.15, -0.1) is 0 Å². The Morgan fingerprint density at radius 1 is 1.20 bits per heavy atom. The second-order valence-electron chi connectivity index (χ2n) is 5.32. The van der Waals surface area contributed by atoms with E-state index in [1.807, 2.05) is 12.1 Å². The molecule has 1 heterocycles. The number of halogens is 1. The molecule has 0 radical (unpaired) electrons. The molecule has 0 aromatic heterocycles. The van der Waals surface area contributed by atoms with Crippen molar-refractivity contribution in [1.29, 1.82) is 0 Å². The highest BCUT2D eigenvalue weighted by molar-refractivity contribution is 6.30. The molecular weight excluding hydrogens is 270 g/mol. The number of benzene rings is 2. The zero-order chi connectivity index (χ0) is 14.1. The molecule has 0 aliphatic carbocycles. The number of hydrogen-bond acceptors (Lipinski definition) is 2. The molecular formula is C17H18ClNO. The van der Waals surface area contributed by atoms with Gasteiger partial charge >= 0.3 is 0 Å². The molecule has 1 aliphatic heterocycles. The lowest BCUT2D eigenvalue weighted by atomic mass is 10.1. The van der Waals surface area contributed by atoms with Gasteiger partial charge in [0.25, 0.3) is 0 Å². The van der Waals surface area contributed by atoms with Gasteiger partial charge in [0.2, 0.25) is 0 Å². The predicted molar refractivity (Wildman–Crippen MR) is 83.9 cm³/mol. The van der Waals surface area contributed by atoms with Crippen LogP contribution in [-0.4, -0.2) is 6.61 Å². The van der Waals surface area contributed by atoms with Crippen LogP contribution in [0.1, 0.15) is 22.3 Å². The second-order valence-corrected chi connectivity index (χ2v) is 5.76. The largest absolute Gasteiger partial charge is 0.493 e. The van der Waals surface area contributed by atoms with Gasteiger partial charge in [-0.3, -0.25) is 0 Å². The molecule has 0 unspecified atom stereocenters. The first-order valence-corrected chi connectivity index (χ1v) is 7.26. The highest BCUT2D eigenvalue weighted by Crippen LogP contribution is 2.33. The van der Waals surface area contributed by atoms with Crippen molar-refractivity contribution in [2.45, 2.75) is 26.8 Å². The van der Waals surface area contributed by atoms with Gasteiger partial charge in [-0.1, -0.05) is 23.7 Å². The summed E-state index contributed by atoms with van der Waals surface area (Å²) >= 11 is 6.18. The van der Waals surface area contributed by atoms with Gasteiger partial charge in [0.1, 0.15) is 5.75 Å². The van der Waals surface area contributed by atoms with Crippen molar-refractivity contribution in [3.05, 3.63) is 57.6 Å². The molecule has 0 saturated carbocycles. The van der Waals surface area contributed by atoms with E-state index in [1.165, 1.54) is 16.7 Å². The monoisotopic (exact) mass is 287 g/mol. The van der Waals surface area contributed by atoms with Crippen LogP contribution in [0.15, 0.2) is 30.3 Å². The van der Waals surface area contributed by atoms with Crippen molar-refractivity contribution >= 4 is 17.3 Å². The molecule has 0 bridgehead atoms. The van der Waals surface area contributed by atoms with Gasteiger partial charge in [-0.25, -0.2) is 0 Å². The van der Waals surface area contributed by atoms with Gasteiger partial charge < -0.3 is 10.1 Å². The van der Waals surface area contributed by atoms with Crippen LogP contribution in [0.5, 0.6) is 5.75 Å². The summed E-state index contributed by atoms with van der Waals surface area (Å²) in [6.45, 7) is 5.70. The van der Waals surface area contributed by atoms with Crippen LogP contribution in [0.2, 0.25) is 5.02 Å². The summed E-state index contributed by atoms with van der Waals surface area (Å²) in [7, 11) is 0. The number of anilines is 1. The first kappa shape index (κ1) is 13.3. The van der Waals surface area contributed by atoms with Gasteiger partial charge in [0, 0.05) is 29.2 Å². The number of fused-ring (bicyclic) bond motifs is 1. The molecule has 20 heavy (non-hydrogen) atoms. The minimum absolute atomic E-state index is 0.729. The lowest BCUT2D eigenvalue weighted by Crippen LogP contribution is -2.03. The summed E-state index contributed by atoms with van der Waals surface area (Å²) in [5.41, 5.74) is 6.01. The van der Waals surface area contributed by atoms with Crippen molar-refractivity contribution in [3.63, 3.8) is 0 Å². The normalized spacial score (nSPS) is 12.9. The minimum Gasteiger partial charge on any atom is -0.493 e. The smallest absolute Gasteiger partial charge is 0.127 e. The Morgan fingerprint density at radius 3 is 2.90 bits per heavy atom. The Bertz CT molecular complexity index is 652. The van der Waals surface area contributed by atoms with Crippen molar-refractivity contribution < 1.29 is 4.74 Å². The Morgan fingerprint density at radius 2 is 2.05 bits per heavy atom. The van der Waals surface area contributed by atoms with Gasteiger partial charge in [0.15, 0.2) is 0 Å². The van der Waals surface area contributed by atoms with E-state index in [0.717, 1.165) is 41.6 Å². The van der Waals surface area contributed by atoms with Crippen molar-refractivity contribution in [2.24, 2.45) is 0 Å². The van der Waals surface area contributed by atoms with E-state index < -0.39 is 0 Å². The van der Waals surface area contributed by atoms with Crippen LogP contribution >= 0.6 is 11.6 Å². The third-order valence-electron chi connectivity index (χ3n) is 3.69. The van der Waals surface area contributed by atoms with Crippen LogP contribution in [0.4, 0.5) is 5.69 Å². The zero-order valence-electron chi connectivity index (χ0n) is 11.8. The number of aryl methyl sites for hydroxylation is 2. The summed E-state index contributed by atoms with van der Waals surface area (Å²) in [5, 5.41) is 4.27. The molecule has 2 aromatic carbocycles. The molecule has 2 nitrogen and oxygen atoms in total. The van der Waals surface area contributed by atoms with E-state index in [-0.39, 0.29) is 0 Å². The van der Waals surface area contributed by atoms with Crippen molar-refractivity contribution in [1.82, 2.24) is 0 Å². The Hall–Kier alpha value is -1.67. The Labute approximate surface area is 124 Å². The molecule has 0 spiro atoms. The highest BCUT2D eigenvalue weighted by Gasteiger charge is 2.17. The van der Waals surface area contributed by atoms with E-state index in [4.69, 9.17) is 16.3 Å². The van der Waals surface area contributed by atoms with E-state index in [0.29, 0.717) is 0 Å². The van der Waals surface area contributed by atoms with E-state index >= 15 is 0 Å². The summed E-state index contributed by atoms with van der Waals surface area (Å²) in [5.74, 6) is 1.01. The number of ether oxygens (including phenoxy) is 1. The molecule has 1 N–H and O–H groups in total. The molecule has 3 heteroatoms. The maximum absolute atomic E-state index is 6.18.